The van der Waals surface area contributed by atoms with Crippen molar-refractivity contribution >= 4 is 0 Å². The van der Waals surface area contributed by atoms with Crippen molar-refractivity contribution in [1.29, 1.82) is 0 Å². The predicted octanol–water partition coefficient (Wildman–Crippen LogP) is 0.868. The van der Waals surface area contributed by atoms with Crippen LogP contribution in [0.1, 0.15) is 38.1 Å². The molecule has 0 aromatic carbocycles. The Morgan fingerprint density at radius 2 is 2.19 bits per heavy atom. The van der Waals surface area contributed by atoms with E-state index in [0.717, 1.165) is 45.2 Å². The number of aromatic nitrogens is 2. The Balaban J connectivity index is 1.47. The molecule has 1 N–H and O–H groups in total. The Kier molecular flexibility index (Phi) is 3.23. The smallest absolute Gasteiger partial charge is 0.313 e. The summed E-state index contributed by atoms with van der Waals surface area (Å²) in [7, 11) is 0. The van der Waals surface area contributed by atoms with Crippen molar-refractivity contribution in [2.24, 2.45) is 0 Å². The number of piperidine rings is 1. The van der Waals surface area contributed by atoms with Gasteiger partial charge >= 0.3 is 5.56 Å². The second-order valence-corrected chi connectivity index (χ2v) is 6.36. The fraction of sp³-hybridized carbons (Fsp3) is 0.733. The average Bonchev–Trinajstić information content (AvgIpc) is 3.27. The maximum atomic E-state index is 12.3. The molecule has 2 aliphatic heterocycles. The van der Waals surface area contributed by atoms with Crippen LogP contribution in [0.5, 0.6) is 5.88 Å². The summed E-state index contributed by atoms with van der Waals surface area (Å²) in [5.74, 6) is 0.226. The van der Waals surface area contributed by atoms with Gasteiger partial charge in [-0.25, -0.2) is 4.98 Å². The molecule has 4 rings (SSSR count). The fourth-order valence-electron chi connectivity index (χ4n) is 3.39. The molecule has 0 bridgehead atoms. The van der Waals surface area contributed by atoms with Crippen LogP contribution in [0.2, 0.25) is 0 Å². The van der Waals surface area contributed by atoms with E-state index in [2.05, 4.69) is 10.3 Å². The van der Waals surface area contributed by atoms with E-state index in [-0.39, 0.29) is 23.1 Å². The molecule has 1 aromatic rings. The van der Waals surface area contributed by atoms with E-state index < -0.39 is 0 Å². The van der Waals surface area contributed by atoms with Crippen LogP contribution in [0, 0.1) is 0 Å². The second kappa shape index (κ2) is 5.10. The van der Waals surface area contributed by atoms with Gasteiger partial charge in [-0.15, -0.1) is 0 Å². The minimum absolute atomic E-state index is 0.0553. The highest BCUT2D eigenvalue weighted by molar-refractivity contribution is 5.08. The molecule has 114 valence electrons. The summed E-state index contributed by atoms with van der Waals surface area (Å²) in [6.07, 6.45) is 8.39. The Morgan fingerprint density at radius 1 is 1.38 bits per heavy atom. The molecule has 0 radical (unpaired) electrons. The second-order valence-electron chi connectivity index (χ2n) is 6.36. The molecule has 1 aromatic heterocycles. The quantitative estimate of drug-likeness (QED) is 0.895. The summed E-state index contributed by atoms with van der Waals surface area (Å²) in [4.78, 5) is 16.5. The highest BCUT2D eigenvalue weighted by Crippen LogP contribution is 2.36. The molecule has 0 amide bonds. The molecular weight excluding hydrogens is 270 g/mol. The number of nitrogens with one attached hydrogen (secondary N) is 1. The van der Waals surface area contributed by atoms with Gasteiger partial charge in [0.2, 0.25) is 0 Å². The molecular formula is C15H21N3O3. The predicted molar refractivity (Wildman–Crippen MR) is 76.6 cm³/mol. The molecule has 2 saturated heterocycles. The van der Waals surface area contributed by atoms with Crippen molar-refractivity contribution in [2.75, 3.05) is 19.7 Å². The molecule has 6 nitrogen and oxygen atoms in total. The fourth-order valence-corrected chi connectivity index (χ4v) is 3.39. The zero-order valence-electron chi connectivity index (χ0n) is 12.1. The van der Waals surface area contributed by atoms with E-state index in [1.54, 1.807) is 17.0 Å². The molecule has 1 unspecified atom stereocenters. The lowest BCUT2D eigenvalue weighted by molar-refractivity contribution is -0.0206. The Labute approximate surface area is 123 Å². The van der Waals surface area contributed by atoms with Gasteiger partial charge in [0.25, 0.3) is 5.88 Å². The van der Waals surface area contributed by atoms with Crippen LogP contribution in [0.25, 0.3) is 0 Å². The zero-order chi connectivity index (χ0) is 14.3. The van der Waals surface area contributed by atoms with E-state index in [0.29, 0.717) is 12.6 Å². The molecule has 1 saturated carbocycles. The number of hydrogen-bond acceptors (Lipinski definition) is 5. The summed E-state index contributed by atoms with van der Waals surface area (Å²) in [5, 5.41) is 3.35. The van der Waals surface area contributed by atoms with Crippen LogP contribution < -0.4 is 15.6 Å². The molecule has 1 spiro atoms. The van der Waals surface area contributed by atoms with Gasteiger partial charge in [-0.2, -0.15) is 0 Å². The first-order valence-corrected chi connectivity index (χ1v) is 7.84. The van der Waals surface area contributed by atoms with E-state index in [4.69, 9.17) is 9.47 Å². The van der Waals surface area contributed by atoms with Gasteiger partial charge in [-0.1, -0.05) is 0 Å². The summed E-state index contributed by atoms with van der Waals surface area (Å²) in [6, 6.07) is 0.346. The van der Waals surface area contributed by atoms with Gasteiger partial charge in [-0.05, 0) is 38.8 Å². The first-order chi connectivity index (χ1) is 10.3. The summed E-state index contributed by atoms with van der Waals surface area (Å²) >= 11 is 0. The van der Waals surface area contributed by atoms with Gasteiger partial charge < -0.3 is 19.4 Å². The van der Waals surface area contributed by atoms with Gasteiger partial charge in [-0.3, -0.25) is 4.79 Å². The Morgan fingerprint density at radius 3 is 2.95 bits per heavy atom. The van der Waals surface area contributed by atoms with Crippen molar-refractivity contribution in [3.05, 3.63) is 22.7 Å². The van der Waals surface area contributed by atoms with E-state index in [1.165, 1.54) is 0 Å². The van der Waals surface area contributed by atoms with Crippen molar-refractivity contribution in [3.8, 4) is 5.88 Å². The van der Waals surface area contributed by atoms with Crippen molar-refractivity contribution in [1.82, 2.24) is 14.9 Å². The van der Waals surface area contributed by atoms with Crippen LogP contribution in [0.4, 0.5) is 0 Å². The minimum atomic E-state index is -0.105. The third-order valence-electron chi connectivity index (χ3n) is 4.74. The van der Waals surface area contributed by atoms with Crippen LogP contribution in [-0.4, -0.2) is 41.0 Å². The normalized spacial score (nSPS) is 27.9. The van der Waals surface area contributed by atoms with Gasteiger partial charge in [0.15, 0.2) is 0 Å². The first kappa shape index (κ1) is 13.3. The molecule has 21 heavy (non-hydrogen) atoms. The number of nitrogens with zero attached hydrogens (tertiary/aromatic N) is 2. The van der Waals surface area contributed by atoms with Gasteiger partial charge in [0.1, 0.15) is 6.10 Å². The van der Waals surface area contributed by atoms with Crippen molar-refractivity contribution < 1.29 is 9.47 Å². The molecule has 1 atom stereocenters. The van der Waals surface area contributed by atoms with Crippen molar-refractivity contribution in [2.45, 2.75) is 49.9 Å². The SMILES string of the molecule is O=c1c(OC2COC3(CCNCC3)C2)nccn1C1CC1. The van der Waals surface area contributed by atoms with Crippen LogP contribution in [0.15, 0.2) is 17.2 Å². The minimum Gasteiger partial charge on any atom is -0.468 e. The van der Waals surface area contributed by atoms with Crippen LogP contribution in [0.3, 0.4) is 0 Å². The largest absolute Gasteiger partial charge is 0.468 e. The highest BCUT2D eigenvalue weighted by atomic mass is 16.6. The molecule has 6 heteroatoms. The lowest BCUT2D eigenvalue weighted by Gasteiger charge is -2.32. The zero-order valence-corrected chi connectivity index (χ0v) is 12.1. The lowest BCUT2D eigenvalue weighted by atomic mass is 9.89. The lowest BCUT2D eigenvalue weighted by Crippen LogP contribution is -2.41. The van der Waals surface area contributed by atoms with Crippen LogP contribution in [-0.2, 0) is 4.74 Å². The van der Waals surface area contributed by atoms with Gasteiger partial charge in [0, 0.05) is 24.9 Å². The van der Waals surface area contributed by atoms with Crippen LogP contribution >= 0.6 is 0 Å². The Bertz CT molecular complexity index is 576. The molecule has 3 aliphatic rings. The standard InChI is InChI=1S/C15H21N3O3/c19-14-13(17-7-8-18(14)11-1-2-11)21-12-9-15(20-10-12)3-5-16-6-4-15/h7-8,11-12,16H,1-6,9-10H2. The molecule has 3 heterocycles. The maximum Gasteiger partial charge on any atom is 0.313 e. The van der Waals surface area contributed by atoms with Crippen molar-refractivity contribution in [3.63, 3.8) is 0 Å². The third kappa shape index (κ3) is 2.58. The maximum absolute atomic E-state index is 12.3. The van der Waals surface area contributed by atoms with E-state index in [1.807, 2.05) is 0 Å². The number of hydrogen-bond donors (Lipinski definition) is 1. The molecule has 3 fully saturated rings. The number of ether oxygens (including phenoxy) is 2. The first-order valence-electron chi connectivity index (χ1n) is 7.84. The highest BCUT2D eigenvalue weighted by Gasteiger charge is 2.42. The monoisotopic (exact) mass is 291 g/mol. The van der Waals surface area contributed by atoms with E-state index in [9.17, 15) is 4.79 Å². The summed E-state index contributed by atoms with van der Waals surface area (Å²) in [6.45, 7) is 2.54. The summed E-state index contributed by atoms with van der Waals surface area (Å²) in [5.41, 5.74) is -0.161. The average molecular weight is 291 g/mol. The van der Waals surface area contributed by atoms with Gasteiger partial charge in [0.05, 0.1) is 12.2 Å². The third-order valence-corrected chi connectivity index (χ3v) is 4.74. The summed E-state index contributed by atoms with van der Waals surface area (Å²) < 4.78 is 13.6. The number of rotatable bonds is 3. The Hall–Kier alpha value is -1.40. The topological polar surface area (TPSA) is 65.4 Å². The molecule has 1 aliphatic carbocycles. The van der Waals surface area contributed by atoms with E-state index >= 15 is 0 Å².